The summed E-state index contributed by atoms with van der Waals surface area (Å²) in [5, 5.41) is 31.9. The molecule has 2 atom stereocenters. The van der Waals surface area contributed by atoms with Gasteiger partial charge in [0.15, 0.2) is 0 Å². The number of fused-ring (bicyclic) bond motifs is 1. The molecule has 134 valence electrons. The van der Waals surface area contributed by atoms with Gasteiger partial charge in [-0.15, -0.1) is 0 Å². The highest BCUT2D eigenvalue weighted by atomic mass is 16.5. The maximum Gasteiger partial charge on any atom is 0.126 e. The van der Waals surface area contributed by atoms with E-state index >= 15 is 0 Å². The zero-order valence-corrected chi connectivity index (χ0v) is 15.0. The lowest BCUT2D eigenvalue weighted by Gasteiger charge is -2.51. The van der Waals surface area contributed by atoms with Crippen molar-refractivity contribution in [3.05, 3.63) is 53.6 Å². The number of aromatic hydroxyl groups is 2. The van der Waals surface area contributed by atoms with Crippen LogP contribution in [0, 0.1) is 5.92 Å². The van der Waals surface area contributed by atoms with Crippen LogP contribution in [0.2, 0.25) is 0 Å². The SMILES string of the molecule is CN(C)CC1C(C)(C)Oc2ccc(O)cc2C1(O)c1cccc(O)c1. The topological polar surface area (TPSA) is 73.2 Å². The summed E-state index contributed by atoms with van der Waals surface area (Å²) in [5.41, 5.74) is -1.00. The van der Waals surface area contributed by atoms with Gasteiger partial charge in [-0.25, -0.2) is 0 Å². The van der Waals surface area contributed by atoms with Gasteiger partial charge in [-0.1, -0.05) is 12.1 Å². The van der Waals surface area contributed by atoms with Gasteiger partial charge < -0.3 is 25.0 Å². The minimum atomic E-state index is -1.42. The van der Waals surface area contributed by atoms with Crippen LogP contribution in [0.1, 0.15) is 25.0 Å². The Balaban J connectivity index is 2.30. The van der Waals surface area contributed by atoms with Crippen molar-refractivity contribution in [2.45, 2.75) is 25.0 Å². The van der Waals surface area contributed by atoms with Gasteiger partial charge in [0, 0.05) is 18.0 Å². The Morgan fingerprint density at radius 3 is 2.36 bits per heavy atom. The molecule has 0 aliphatic carbocycles. The maximum atomic E-state index is 12.0. The smallest absolute Gasteiger partial charge is 0.126 e. The summed E-state index contributed by atoms with van der Waals surface area (Å²) >= 11 is 0. The molecule has 2 unspecified atom stereocenters. The van der Waals surface area contributed by atoms with Crippen LogP contribution in [0.15, 0.2) is 42.5 Å². The van der Waals surface area contributed by atoms with Crippen molar-refractivity contribution in [1.29, 1.82) is 0 Å². The van der Waals surface area contributed by atoms with Crippen LogP contribution in [-0.2, 0) is 5.60 Å². The van der Waals surface area contributed by atoms with Gasteiger partial charge in [0.25, 0.3) is 0 Å². The molecule has 5 nitrogen and oxygen atoms in total. The highest BCUT2D eigenvalue weighted by molar-refractivity contribution is 5.52. The predicted molar refractivity (Wildman–Crippen MR) is 96.0 cm³/mol. The number of benzene rings is 2. The van der Waals surface area contributed by atoms with E-state index in [0.717, 1.165) is 0 Å². The molecule has 1 aliphatic rings. The highest BCUT2D eigenvalue weighted by Crippen LogP contribution is 2.52. The zero-order chi connectivity index (χ0) is 18.4. The van der Waals surface area contributed by atoms with Crippen LogP contribution in [0.4, 0.5) is 0 Å². The molecular weight excluding hydrogens is 318 g/mol. The van der Waals surface area contributed by atoms with Crippen LogP contribution < -0.4 is 4.74 Å². The first-order chi connectivity index (χ1) is 11.6. The fraction of sp³-hybridized carbons (Fsp3) is 0.400. The van der Waals surface area contributed by atoms with Crippen LogP contribution >= 0.6 is 0 Å². The number of aliphatic hydroxyl groups is 1. The Hall–Kier alpha value is -2.24. The Morgan fingerprint density at radius 2 is 1.72 bits per heavy atom. The molecule has 3 N–H and O–H groups in total. The first-order valence-electron chi connectivity index (χ1n) is 8.33. The minimum absolute atomic E-state index is 0.0595. The van der Waals surface area contributed by atoms with Gasteiger partial charge in [0.05, 0.1) is 0 Å². The summed E-state index contributed by atoms with van der Waals surface area (Å²) in [6, 6.07) is 11.4. The number of phenols is 2. The first kappa shape index (κ1) is 17.6. The third kappa shape index (κ3) is 2.94. The average Bonchev–Trinajstić information content (AvgIpc) is 2.52. The van der Waals surface area contributed by atoms with Crippen molar-refractivity contribution in [2.24, 2.45) is 5.92 Å². The van der Waals surface area contributed by atoms with Gasteiger partial charge in [0.2, 0.25) is 0 Å². The summed E-state index contributed by atoms with van der Waals surface area (Å²) in [5.74, 6) is 0.347. The van der Waals surface area contributed by atoms with Crippen molar-refractivity contribution in [2.75, 3.05) is 20.6 Å². The molecule has 5 heteroatoms. The van der Waals surface area contributed by atoms with Crippen molar-refractivity contribution >= 4 is 0 Å². The summed E-state index contributed by atoms with van der Waals surface area (Å²) in [7, 11) is 3.88. The monoisotopic (exact) mass is 343 g/mol. The number of hydrogen-bond acceptors (Lipinski definition) is 5. The first-order valence-corrected chi connectivity index (χ1v) is 8.33. The number of ether oxygens (including phenoxy) is 1. The molecule has 1 heterocycles. The zero-order valence-electron chi connectivity index (χ0n) is 15.0. The molecular formula is C20H25NO4. The van der Waals surface area contributed by atoms with E-state index < -0.39 is 11.2 Å². The summed E-state index contributed by atoms with van der Waals surface area (Å²) in [6.45, 7) is 4.46. The van der Waals surface area contributed by atoms with Crippen LogP contribution in [0.5, 0.6) is 17.2 Å². The Bertz CT molecular complexity index is 787. The number of nitrogens with zero attached hydrogens (tertiary/aromatic N) is 1. The summed E-state index contributed by atoms with van der Waals surface area (Å²) in [6.07, 6.45) is 0. The van der Waals surface area contributed by atoms with Gasteiger partial charge in [0.1, 0.15) is 28.5 Å². The molecule has 25 heavy (non-hydrogen) atoms. The molecule has 0 amide bonds. The van der Waals surface area contributed by atoms with E-state index in [2.05, 4.69) is 0 Å². The second-order valence-electron chi connectivity index (χ2n) is 7.52. The molecule has 2 aromatic rings. The number of phenolic OH excluding ortho intramolecular Hbond substituents is 2. The van der Waals surface area contributed by atoms with E-state index in [4.69, 9.17) is 4.74 Å². The van der Waals surface area contributed by atoms with Crippen molar-refractivity contribution in [3.8, 4) is 17.2 Å². The second kappa shape index (κ2) is 5.93. The van der Waals surface area contributed by atoms with Gasteiger partial charge in [-0.2, -0.15) is 0 Å². The maximum absolute atomic E-state index is 12.0. The average molecular weight is 343 g/mol. The quantitative estimate of drug-likeness (QED) is 0.799. The summed E-state index contributed by atoms with van der Waals surface area (Å²) < 4.78 is 6.17. The molecule has 1 aliphatic heterocycles. The molecule has 0 spiro atoms. The van der Waals surface area contributed by atoms with Gasteiger partial charge >= 0.3 is 0 Å². The Kier molecular flexibility index (Phi) is 4.17. The molecule has 0 saturated carbocycles. The third-order valence-electron chi connectivity index (χ3n) is 4.92. The normalized spacial score (nSPS) is 24.6. The van der Waals surface area contributed by atoms with E-state index in [1.54, 1.807) is 36.4 Å². The number of rotatable bonds is 3. The van der Waals surface area contributed by atoms with Crippen LogP contribution in [0.3, 0.4) is 0 Å². The molecule has 0 bridgehead atoms. The standard InChI is InChI=1S/C20H25NO4/c1-19(2)18(12-21(3)4)20(24,13-6-5-7-14(22)10-13)16-11-15(23)8-9-17(16)25-19/h5-11,18,22-24H,12H2,1-4H3. The Morgan fingerprint density at radius 1 is 1.04 bits per heavy atom. The van der Waals surface area contributed by atoms with E-state index in [-0.39, 0.29) is 17.4 Å². The lowest BCUT2D eigenvalue weighted by molar-refractivity contribution is -0.109. The Labute approximate surface area is 148 Å². The fourth-order valence-electron chi connectivity index (χ4n) is 3.77. The molecule has 0 fully saturated rings. The highest BCUT2D eigenvalue weighted by Gasteiger charge is 2.54. The van der Waals surface area contributed by atoms with Crippen LogP contribution in [-0.4, -0.2) is 46.5 Å². The third-order valence-corrected chi connectivity index (χ3v) is 4.92. The van der Waals surface area contributed by atoms with Crippen molar-refractivity contribution < 1.29 is 20.1 Å². The van der Waals surface area contributed by atoms with Gasteiger partial charge in [-0.05, 0) is 63.8 Å². The molecule has 0 radical (unpaired) electrons. The largest absolute Gasteiger partial charge is 0.508 e. The minimum Gasteiger partial charge on any atom is -0.508 e. The molecule has 0 saturated heterocycles. The van der Waals surface area contributed by atoms with Gasteiger partial charge in [-0.3, -0.25) is 0 Å². The fourth-order valence-corrected chi connectivity index (χ4v) is 3.77. The van der Waals surface area contributed by atoms with Crippen molar-refractivity contribution in [3.63, 3.8) is 0 Å². The van der Waals surface area contributed by atoms with E-state index in [9.17, 15) is 15.3 Å². The summed E-state index contributed by atoms with van der Waals surface area (Å²) in [4.78, 5) is 2.00. The van der Waals surface area contributed by atoms with E-state index in [1.165, 1.54) is 6.07 Å². The van der Waals surface area contributed by atoms with Crippen LogP contribution in [0.25, 0.3) is 0 Å². The molecule has 2 aromatic carbocycles. The molecule has 3 rings (SSSR count). The van der Waals surface area contributed by atoms with E-state index in [1.807, 2.05) is 32.8 Å². The predicted octanol–water partition coefficient (Wildman–Crippen LogP) is 2.68. The lowest BCUT2D eigenvalue weighted by atomic mass is 9.67. The lowest BCUT2D eigenvalue weighted by Crippen LogP contribution is -2.57. The van der Waals surface area contributed by atoms with E-state index in [0.29, 0.717) is 23.4 Å². The molecule has 0 aromatic heterocycles. The van der Waals surface area contributed by atoms with Crippen molar-refractivity contribution in [1.82, 2.24) is 4.90 Å². The second-order valence-corrected chi connectivity index (χ2v) is 7.52. The number of hydrogen-bond donors (Lipinski definition) is 3.